The molecule has 0 bridgehead atoms. The SMILES string of the molecule is Fc1ccc(-c2nnc(Cl)s2)c(F)c1. The Morgan fingerprint density at radius 2 is 2.00 bits per heavy atom. The second-order valence-corrected chi connectivity index (χ2v) is 4.04. The number of hydrogen-bond donors (Lipinski definition) is 0. The maximum atomic E-state index is 13.2. The summed E-state index contributed by atoms with van der Waals surface area (Å²) < 4.78 is 26.0. The number of aromatic nitrogens is 2. The fourth-order valence-corrected chi connectivity index (χ4v) is 1.83. The lowest BCUT2D eigenvalue weighted by atomic mass is 10.2. The first-order valence-corrected chi connectivity index (χ1v) is 4.80. The zero-order chi connectivity index (χ0) is 10.1. The van der Waals surface area contributed by atoms with Crippen molar-refractivity contribution in [1.82, 2.24) is 10.2 Å². The summed E-state index contributed by atoms with van der Waals surface area (Å²) in [5, 5.41) is 7.52. The van der Waals surface area contributed by atoms with E-state index in [9.17, 15) is 8.78 Å². The number of benzene rings is 1. The molecule has 2 aromatic rings. The normalized spacial score (nSPS) is 10.5. The van der Waals surface area contributed by atoms with Gasteiger partial charge in [-0.15, -0.1) is 10.2 Å². The van der Waals surface area contributed by atoms with Gasteiger partial charge >= 0.3 is 0 Å². The highest BCUT2D eigenvalue weighted by Gasteiger charge is 2.10. The number of halogens is 3. The van der Waals surface area contributed by atoms with Crippen molar-refractivity contribution < 1.29 is 8.78 Å². The van der Waals surface area contributed by atoms with Crippen LogP contribution in [-0.4, -0.2) is 10.2 Å². The predicted molar refractivity (Wildman–Crippen MR) is 50.3 cm³/mol. The van der Waals surface area contributed by atoms with E-state index in [2.05, 4.69) is 10.2 Å². The molecule has 1 aromatic carbocycles. The number of rotatable bonds is 1. The summed E-state index contributed by atoms with van der Waals surface area (Å²) in [5.74, 6) is -1.29. The van der Waals surface area contributed by atoms with Crippen LogP contribution in [0.15, 0.2) is 18.2 Å². The summed E-state index contributed by atoms with van der Waals surface area (Å²) in [6.07, 6.45) is 0. The van der Waals surface area contributed by atoms with Crippen molar-refractivity contribution in [2.45, 2.75) is 0 Å². The molecular weight excluding hydrogens is 230 g/mol. The third-order valence-electron chi connectivity index (χ3n) is 1.56. The van der Waals surface area contributed by atoms with E-state index in [0.29, 0.717) is 5.01 Å². The smallest absolute Gasteiger partial charge is 0.207 e. The van der Waals surface area contributed by atoms with Crippen molar-refractivity contribution >= 4 is 22.9 Å². The van der Waals surface area contributed by atoms with Gasteiger partial charge in [0.1, 0.15) is 11.6 Å². The van der Waals surface area contributed by atoms with Gasteiger partial charge in [0.25, 0.3) is 0 Å². The van der Waals surface area contributed by atoms with Gasteiger partial charge in [0.2, 0.25) is 4.47 Å². The Bertz CT molecular complexity index is 472. The van der Waals surface area contributed by atoms with Crippen molar-refractivity contribution in [3.8, 4) is 10.6 Å². The van der Waals surface area contributed by atoms with E-state index in [-0.39, 0.29) is 10.0 Å². The molecule has 6 heteroatoms. The van der Waals surface area contributed by atoms with Crippen LogP contribution in [0.3, 0.4) is 0 Å². The third-order valence-corrected chi connectivity index (χ3v) is 2.61. The second kappa shape index (κ2) is 3.59. The zero-order valence-corrected chi connectivity index (χ0v) is 8.24. The molecule has 2 rings (SSSR count). The highest BCUT2D eigenvalue weighted by molar-refractivity contribution is 7.18. The molecule has 72 valence electrons. The summed E-state index contributed by atoms with van der Waals surface area (Å²) in [4.78, 5) is 0. The van der Waals surface area contributed by atoms with Crippen molar-refractivity contribution in [2.75, 3.05) is 0 Å². The lowest BCUT2D eigenvalue weighted by Gasteiger charge is -1.96. The van der Waals surface area contributed by atoms with Gasteiger partial charge in [0, 0.05) is 11.6 Å². The molecule has 0 spiro atoms. The van der Waals surface area contributed by atoms with Crippen LogP contribution >= 0.6 is 22.9 Å². The molecule has 0 fully saturated rings. The van der Waals surface area contributed by atoms with E-state index in [1.54, 1.807) is 0 Å². The number of nitrogens with zero attached hydrogens (tertiary/aromatic N) is 2. The highest BCUT2D eigenvalue weighted by atomic mass is 35.5. The second-order valence-electron chi connectivity index (χ2n) is 2.48. The van der Waals surface area contributed by atoms with Crippen LogP contribution in [0, 0.1) is 11.6 Å². The van der Waals surface area contributed by atoms with Crippen molar-refractivity contribution in [1.29, 1.82) is 0 Å². The van der Waals surface area contributed by atoms with Gasteiger partial charge in [-0.2, -0.15) is 0 Å². The average molecular weight is 233 g/mol. The molecular formula is C8H3ClF2N2S. The summed E-state index contributed by atoms with van der Waals surface area (Å²) in [5.41, 5.74) is 0.204. The van der Waals surface area contributed by atoms with E-state index in [0.717, 1.165) is 23.5 Å². The van der Waals surface area contributed by atoms with Gasteiger partial charge in [0.05, 0.1) is 0 Å². The molecule has 0 atom stereocenters. The molecule has 1 aromatic heterocycles. The van der Waals surface area contributed by atoms with Crippen molar-refractivity contribution in [3.63, 3.8) is 0 Å². The molecule has 1 heterocycles. The standard InChI is InChI=1S/C8H3ClF2N2S/c9-8-13-12-7(14-8)5-2-1-4(10)3-6(5)11/h1-3H. The summed E-state index contributed by atoms with van der Waals surface area (Å²) in [6, 6.07) is 3.26. The number of hydrogen-bond acceptors (Lipinski definition) is 3. The van der Waals surface area contributed by atoms with Crippen molar-refractivity contribution in [3.05, 3.63) is 34.3 Å². The largest absolute Gasteiger partial charge is 0.207 e. The highest BCUT2D eigenvalue weighted by Crippen LogP contribution is 2.28. The minimum Gasteiger partial charge on any atom is -0.207 e. The van der Waals surface area contributed by atoms with E-state index >= 15 is 0 Å². The van der Waals surface area contributed by atoms with Crippen LogP contribution in [0.5, 0.6) is 0 Å². The third kappa shape index (κ3) is 1.73. The van der Waals surface area contributed by atoms with Crippen LogP contribution in [0.25, 0.3) is 10.6 Å². The van der Waals surface area contributed by atoms with E-state index < -0.39 is 11.6 Å². The maximum absolute atomic E-state index is 13.2. The van der Waals surface area contributed by atoms with Gasteiger partial charge in [-0.25, -0.2) is 8.78 Å². The van der Waals surface area contributed by atoms with Gasteiger partial charge in [0.15, 0.2) is 5.01 Å². The first-order chi connectivity index (χ1) is 6.66. The van der Waals surface area contributed by atoms with E-state index in [4.69, 9.17) is 11.6 Å². The molecule has 0 amide bonds. The molecule has 0 unspecified atom stereocenters. The quantitative estimate of drug-likeness (QED) is 0.755. The van der Waals surface area contributed by atoms with Gasteiger partial charge in [-0.05, 0) is 23.7 Å². The summed E-state index contributed by atoms with van der Waals surface area (Å²) in [7, 11) is 0. The van der Waals surface area contributed by atoms with Crippen LogP contribution in [0.4, 0.5) is 8.78 Å². The molecule has 0 aliphatic heterocycles. The Balaban J connectivity index is 2.52. The minimum atomic E-state index is -0.669. The zero-order valence-electron chi connectivity index (χ0n) is 6.67. The first-order valence-electron chi connectivity index (χ1n) is 3.61. The Labute approximate surface area is 87.2 Å². The van der Waals surface area contributed by atoms with Crippen LogP contribution in [-0.2, 0) is 0 Å². The fourth-order valence-electron chi connectivity index (χ4n) is 0.977. The molecule has 0 saturated heterocycles. The monoisotopic (exact) mass is 232 g/mol. The molecule has 2 nitrogen and oxygen atoms in total. The first kappa shape index (κ1) is 9.48. The molecule has 0 radical (unpaired) electrons. The Kier molecular flexibility index (Phi) is 2.43. The van der Waals surface area contributed by atoms with Gasteiger partial charge in [-0.1, -0.05) is 11.3 Å². The molecule has 14 heavy (non-hydrogen) atoms. The molecule has 0 N–H and O–H groups in total. The summed E-state index contributed by atoms with van der Waals surface area (Å²) in [6.45, 7) is 0. The lowest BCUT2D eigenvalue weighted by molar-refractivity contribution is 0.585. The topological polar surface area (TPSA) is 25.8 Å². The van der Waals surface area contributed by atoms with Crippen LogP contribution < -0.4 is 0 Å². The molecule has 0 saturated carbocycles. The van der Waals surface area contributed by atoms with Gasteiger partial charge < -0.3 is 0 Å². The Morgan fingerprint density at radius 3 is 2.57 bits per heavy atom. The molecule has 0 aliphatic rings. The van der Waals surface area contributed by atoms with Crippen molar-refractivity contribution in [2.24, 2.45) is 0 Å². The minimum absolute atomic E-state index is 0.204. The molecule has 0 aliphatic carbocycles. The van der Waals surface area contributed by atoms with E-state index in [1.165, 1.54) is 6.07 Å². The Hall–Kier alpha value is -1.07. The predicted octanol–water partition coefficient (Wildman–Crippen LogP) is 3.14. The maximum Gasteiger partial charge on any atom is 0.207 e. The van der Waals surface area contributed by atoms with Crippen LogP contribution in [0.2, 0.25) is 4.47 Å². The van der Waals surface area contributed by atoms with Crippen LogP contribution in [0.1, 0.15) is 0 Å². The van der Waals surface area contributed by atoms with Gasteiger partial charge in [-0.3, -0.25) is 0 Å². The summed E-state index contributed by atoms with van der Waals surface area (Å²) >= 11 is 6.58. The van der Waals surface area contributed by atoms with E-state index in [1.807, 2.05) is 0 Å². The lowest BCUT2D eigenvalue weighted by Crippen LogP contribution is -1.85. The fraction of sp³-hybridized carbons (Fsp3) is 0. The Morgan fingerprint density at radius 1 is 1.21 bits per heavy atom. The average Bonchev–Trinajstić information content (AvgIpc) is 2.51.